The molecule has 0 aliphatic heterocycles. The Balaban J connectivity index is 2.93. The van der Waals surface area contributed by atoms with Crippen LogP contribution in [0.2, 0.25) is 5.02 Å². The van der Waals surface area contributed by atoms with Crippen LogP contribution >= 0.6 is 11.6 Å². The molecule has 1 rings (SSSR count). The lowest BCUT2D eigenvalue weighted by Crippen LogP contribution is -2.08. The highest BCUT2D eigenvalue weighted by molar-refractivity contribution is 6.33. The van der Waals surface area contributed by atoms with Gasteiger partial charge in [0.05, 0.1) is 16.8 Å². The Kier molecular flexibility index (Phi) is 3.54. The van der Waals surface area contributed by atoms with Gasteiger partial charge in [-0.25, -0.2) is 0 Å². The number of anilines is 1. The Bertz CT molecular complexity index is 291. The Morgan fingerprint density at radius 2 is 2.15 bits per heavy atom. The molecule has 0 fully saturated rings. The summed E-state index contributed by atoms with van der Waals surface area (Å²) in [5.74, 6) is 0. The van der Waals surface area contributed by atoms with Crippen LogP contribution in [0.25, 0.3) is 0 Å². The van der Waals surface area contributed by atoms with Crippen molar-refractivity contribution in [1.82, 2.24) is 0 Å². The molecule has 0 spiro atoms. The van der Waals surface area contributed by atoms with Crippen molar-refractivity contribution < 1.29 is 5.11 Å². The average molecular weight is 201 g/mol. The van der Waals surface area contributed by atoms with Crippen molar-refractivity contribution in [3.63, 3.8) is 0 Å². The fourth-order valence-corrected chi connectivity index (χ4v) is 1.34. The predicted molar refractivity (Wildman–Crippen MR) is 54.5 cm³/mol. The molecule has 0 saturated heterocycles. The van der Waals surface area contributed by atoms with E-state index < -0.39 is 6.10 Å². The molecule has 0 aromatic heterocycles. The number of benzene rings is 1. The van der Waals surface area contributed by atoms with Crippen molar-refractivity contribution in [2.45, 2.75) is 12.5 Å². The Labute approximate surface area is 82.3 Å². The first kappa shape index (κ1) is 10.3. The Hall–Kier alpha value is -0.770. The molecule has 0 saturated carbocycles. The molecule has 4 heteroatoms. The van der Waals surface area contributed by atoms with Crippen molar-refractivity contribution in [2.24, 2.45) is 5.73 Å². The molecule has 1 atom stereocenters. The lowest BCUT2D eigenvalue weighted by molar-refractivity contribution is 0.171. The molecular weight excluding hydrogens is 188 g/mol. The van der Waals surface area contributed by atoms with Crippen LogP contribution in [0.3, 0.4) is 0 Å². The number of hydrogen-bond donors (Lipinski definition) is 3. The van der Waals surface area contributed by atoms with E-state index in [1.165, 1.54) is 0 Å². The summed E-state index contributed by atoms with van der Waals surface area (Å²) in [4.78, 5) is 0. The SMILES string of the molecule is NCCC(O)c1cccc(Cl)c1N. The summed E-state index contributed by atoms with van der Waals surface area (Å²) >= 11 is 5.79. The first-order chi connectivity index (χ1) is 6.16. The third-order valence-corrected chi connectivity index (χ3v) is 2.22. The third kappa shape index (κ3) is 2.34. The fourth-order valence-electron chi connectivity index (χ4n) is 1.16. The minimum atomic E-state index is -0.622. The molecule has 5 N–H and O–H groups in total. The highest BCUT2D eigenvalue weighted by atomic mass is 35.5. The van der Waals surface area contributed by atoms with Gasteiger partial charge in [-0.2, -0.15) is 0 Å². The maximum atomic E-state index is 9.61. The van der Waals surface area contributed by atoms with Gasteiger partial charge in [-0.1, -0.05) is 23.7 Å². The number of halogens is 1. The van der Waals surface area contributed by atoms with E-state index >= 15 is 0 Å². The van der Waals surface area contributed by atoms with Crippen LogP contribution in [0, 0.1) is 0 Å². The second-order valence-electron chi connectivity index (χ2n) is 2.84. The average Bonchev–Trinajstić information content (AvgIpc) is 2.10. The molecule has 1 aromatic carbocycles. The summed E-state index contributed by atoms with van der Waals surface area (Å²) in [5.41, 5.74) is 12.1. The van der Waals surface area contributed by atoms with E-state index in [0.717, 1.165) is 0 Å². The van der Waals surface area contributed by atoms with Crippen molar-refractivity contribution in [1.29, 1.82) is 0 Å². The number of para-hydroxylation sites is 1. The van der Waals surface area contributed by atoms with Crippen molar-refractivity contribution in [2.75, 3.05) is 12.3 Å². The lowest BCUT2D eigenvalue weighted by Gasteiger charge is -2.12. The lowest BCUT2D eigenvalue weighted by atomic mass is 10.0. The van der Waals surface area contributed by atoms with Crippen LogP contribution in [-0.4, -0.2) is 11.7 Å². The predicted octanol–water partition coefficient (Wildman–Crippen LogP) is 1.30. The molecule has 72 valence electrons. The number of aliphatic hydroxyl groups is 1. The number of nitrogens with two attached hydrogens (primary N) is 2. The summed E-state index contributed by atoms with van der Waals surface area (Å²) in [6.07, 6.45) is -0.131. The Morgan fingerprint density at radius 1 is 1.46 bits per heavy atom. The minimum Gasteiger partial charge on any atom is -0.397 e. The van der Waals surface area contributed by atoms with Crippen molar-refractivity contribution in [3.05, 3.63) is 28.8 Å². The van der Waals surface area contributed by atoms with E-state index in [4.69, 9.17) is 23.1 Å². The first-order valence-electron chi connectivity index (χ1n) is 4.09. The molecule has 0 heterocycles. The van der Waals surface area contributed by atoms with Gasteiger partial charge < -0.3 is 16.6 Å². The van der Waals surface area contributed by atoms with Gasteiger partial charge >= 0.3 is 0 Å². The molecule has 1 unspecified atom stereocenters. The van der Waals surface area contributed by atoms with E-state index in [0.29, 0.717) is 29.2 Å². The van der Waals surface area contributed by atoms with Crippen LogP contribution in [0.4, 0.5) is 5.69 Å². The maximum Gasteiger partial charge on any atom is 0.0822 e. The number of nitrogen functional groups attached to an aromatic ring is 1. The maximum absolute atomic E-state index is 9.61. The van der Waals surface area contributed by atoms with E-state index in [-0.39, 0.29) is 0 Å². The van der Waals surface area contributed by atoms with E-state index in [9.17, 15) is 5.11 Å². The molecule has 3 nitrogen and oxygen atoms in total. The van der Waals surface area contributed by atoms with Gasteiger partial charge in [-0.3, -0.25) is 0 Å². The van der Waals surface area contributed by atoms with Gasteiger partial charge in [0, 0.05) is 5.56 Å². The molecule has 0 aliphatic carbocycles. The van der Waals surface area contributed by atoms with Gasteiger partial charge in [0.2, 0.25) is 0 Å². The molecule has 0 bridgehead atoms. The van der Waals surface area contributed by atoms with Gasteiger partial charge in [0.25, 0.3) is 0 Å². The monoisotopic (exact) mass is 200 g/mol. The zero-order valence-electron chi connectivity index (χ0n) is 7.20. The molecule has 13 heavy (non-hydrogen) atoms. The van der Waals surface area contributed by atoms with E-state index in [2.05, 4.69) is 0 Å². The molecule has 0 aliphatic rings. The van der Waals surface area contributed by atoms with Crippen LogP contribution in [-0.2, 0) is 0 Å². The summed E-state index contributed by atoms with van der Waals surface area (Å²) in [6.45, 7) is 0.424. The highest BCUT2D eigenvalue weighted by Crippen LogP contribution is 2.28. The van der Waals surface area contributed by atoms with Gasteiger partial charge in [0.15, 0.2) is 0 Å². The molecule has 0 radical (unpaired) electrons. The van der Waals surface area contributed by atoms with E-state index in [1.54, 1.807) is 18.2 Å². The van der Waals surface area contributed by atoms with Crippen molar-refractivity contribution in [3.8, 4) is 0 Å². The van der Waals surface area contributed by atoms with Crippen LogP contribution < -0.4 is 11.5 Å². The number of rotatable bonds is 3. The van der Waals surface area contributed by atoms with Gasteiger partial charge in [-0.05, 0) is 19.0 Å². The normalized spacial score (nSPS) is 12.8. The molecular formula is C9H13ClN2O. The van der Waals surface area contributed by atoms with Gasteiger partial charge in [-0.15, -0.1) is 0 Å². The Morgan fingerprint density at radius 3 is 2.77 bits per heavy atom. The summed E-state index contributed by atoms with van der Waals surface area (Å²) in [5, 5.41) is 10.1. The second-order valence-corrected chi connectivity index (χ2v) is 3.24. The summed E-state index contributed by atoms with van der Waals surface area (Å²) in [6, 6.07) is 5.20. The van der Waals surface area contributed by atoms with Crippen LogP contribution in [0.15, 0.2) is 18.2 Å². The fraction of sp³-hybridized carbons (Fsp3) is 0.333. The third-order valence-electron chi connectivity index (χ3n) is 1.89. The zero-order chi connectivity index (χ0) is 9.84. The van der Waals surface area contributed by atoms with Crippen molar-refractivity contribution >= 4 is 17.3 Å². The second kappa shape index (κ2) is 4.46. The first-order valence-corrected chi connectivity index (χ1v) is 4.46. The molecule has 0 amide bonds. The zero-order valence-corrected chi connectivity index (χ0v) is 7.96. The number of aliphatic hydroxyl groups excluding tert-OH is 1. The standard InChI is InChI=1S/C9H13ClN2O/c10-7-3-1-2-6(9(7)12)8(13)4-5-11/h1-3,8,13H,4-5,11-12H2. The highest BCUT2D eigenvalue weighted by Gasteiger charge is 2.11. The summed E-state index contributed by atoms with van der Waals surface area (Å²) in [7, 11) is 0. The largest absolute Gasteiger partial charge is 0.397 e. The number of hydrogen-bond acceptors (Lipinski definition) is 3. The summed E-state index contributed by atoms with van der Waals surface area (Å²) < 4.78 is 0. The smallest absolute Gasteiger partial charge is 0.0822 e. The quantitative estimate of drug-likeness (QED) is 0.645. The topological polar surface area (TPSA) is 72.3 Å². The molecule has 1 aromatic rings. The van der Waals surface area contributed by atoms with E-state index in [1.807, 2.05) is 0 Å². The van der Waals surface area contributed by atoms with Crippen LogP contribution in [0.1, 0.15) is 18.1 Å². The van der Waals surface area contributed by atoms with Gasteiger partial charge in [0.1, 0.15) is 0 Å². The van der Waals surface area contributed by atoms with Crippen LogP contribution in [0.5, 0.6) is 0 Å². The minimum absolute atomic E-state index is 0.424.